The fourth-order valence-corrected chi connectivity index (χ4v) is 2.07. The first-order valence-corrected chi connectivity index (χ1v) is 7.85. The van der Waals surface area contributed by atoms with Crippen LogP contribution in [0, 0.1) is 11.3 Å². The largest absolute Gasteiger partial charge is 0.392 e. The summed E-state index contributed by atoms with van der Waals surface area (Å²) in [6, 6.07) is 0. The molecule has 0 aromatic carbocycles. The minimum Gasteiger partial charge on any atom is -0.392 e. The Morgan fingerprint density at radius 2 is 1.65 bits per heavy atom. The van der Waals surface area contributed by atoms with Gasteiger partial charge in [0.25, 0.3) is 0 Å². The molecule has 0 saturated heterocycles. The molecule has 0 heterocycles. The number of nitrogens with one attached hydrogen (secondary N) is 1. The van der Waals surface area contributed by atoms with Gasteiger partial charge in [0.05, 0.1) is 18.8 Å². The van der Waals surface area contributed by atoms with Crippen molar-refractivity contribution in [2.75, 3.05) is 26.3 Å². The first kappa shape index (κ1) is 19.8. The Morgan fingerprint density at radius 3 is 2.20 bits per heavy atom. The summed E-state index contributed by atoms with van der Waals surface area (Å²) in [7, 11) is 0. The lowest BCUT2D eigenvalue weighted by Crippen LogP contribution is -2.36. The highest BCUT2D eigenvalue weighted by Gasteiger charge is 2.16. The summed E-state index contributed by atoms with van der Waals surface area (Å²) in [6.07, 6.45) is 2.09. The fourth-order valence-electron chi connectivity index (χ4n) is 2.07. The molecule has 0 aliphatic heterocycles. The van der Waals surface area contributed by atoms with Gasteiger partial charge in [0, 0.05) is 19.7 Å². The molecular weight excluding hydrogens is 254 g/mol. The minimum absolute atomic E-state index is 0.124. The summed E-state index contributed by atoms with van der Waals surface area (Å²) in [6.45, 7) is 12.8. The predicted molar refractivity (Wildman–Crippen MR) is 83.8 cm³/mol. The summed E-state index contributed by atoms with van der Waals surface area (Å²) in [5.41, 5.74) is 0.124. The van der Waals surface area contributed by atoms with E-state index in [0.717, 1.165) is 19.3 Å². The van der Waals surface area contributed by atoms with Gasteiger partial charge in [0.2, 0.25) is 0 Å². The second kappa shape index (κ2) is 10.6. The third-order valence-electron chi connectivity index (χ3n) is 2.99. The zero-order valence-corrected chi connectivity index (χ0v) is 14.0. The topological polar surface area (TPSA) is 61.7 Å². The van der Waals surface area contributed by atoms with Gasteiger partial charge in [-0.3, -0.25) is 0 Å². The molecule has 0 radical (unpaired) electrons. The molecule has 0 rings (SSSR count). The van der Waals surface area contributed by atoms with Gasteiger partial charge in [-0.25, -0.2) is 0 Å². The van der Waals surface area contributed by atoms with E-state index in [0.29, 0.717) is 32.2 Å². The van der Waals surface area contributed by atoms with Crippen molar-refractivity contribution in [3.05, 3.63) is 0 Å². The van der Waals surface area contributed by atoms with Crippen LogP contribution in [-0.2, 0) is 4.74 Å². The van der Waals surface area contributed by atoms with Crippen LogP contribution in [0.1, 0.15) is 53.9 Å². The average Bonchev–Trinajstić information content (AvgIpc) is 2.25. The summed E-state index contributed by atoms with van der Waals surface area (Å²) >= 11 is 0. The molecule has 2 unspecified atom stereocenters. The van der Waals surface area contributed by atoms with E-state index in [1.807, 2.05) is 0 Å². The summed E-state index contributed by atoms with van der Waals surface area (Å²) in [5, 5.41) is 22.6. The van der Waals surface area contributed by atoms with Crippen molar-refractivity contribution < 1.29 is 14.9 Å². The maximum atomic E-state index is 9.82. The summed E-state index contributed by atoms with van der Waals surface area (Å²) in [5.74, 6) is 0.703. The maximum Gasteiger partial charge on any atom is 0.0897 e. The molecule has 4 nitrogen and oxygen atoms in total. The van der Waals surface area contributed by atoms with Crippen LogP contribution in [-0.4, -0.2) is 48.7 Å². The van der Waals surface area contributed by atoms with Gasteiger partial charge in [-0.2, -0.15) is 0 Å². The summed E-state index contributed by atoms with van der Waals surface area (Å²) in [4.78, 5) is 0. The van der Waals surface area contributed by atoms with Crippen LogP contribution < -0.4 is 5.32 Å². The molecule has 2 atom stereocenters. The van der Waals surface area contributed by atoms with Crippen LogP contribution in [0.15, 0.2) is 0 Å². The molecule has 0 fully saturated rings. The van der Waals surface area contributed by atoms with E-state index >= 15 is 0 Å². The van der Waals surface area contributed by atoms with Gasteiger partial charge in [0.1, 0.15) is 0 Å². The summed E-state index contributed by atoms with van der Waals surface area (Å²) < 4.78 is 5.43. The van der Waals surface area contributed by atoms with E-state index in [4.69, 9.17) is 4.74 Å². The SMILES string of the molecule is CC(C)CCCOCC(O)CNCC(O)CC(C)(C)C. The molecule has 0 saturated carbocycles. The Labute approximate surface area is 124 Å². The number of rotatable bonds is 11. The molecule has 0 amide bonds. The predicted octanol–water partition coefficient (Wildman–Crippen LogP) is 2.19. The quantitative estimate of drug-likeness (QED) is 0.510. The Morgan fingerprint density at radius 1 is 1.05 bits per heavy atom. The van der Waals surface area contributed by atoms with E-state index in [1.165, 1.54) is 0 Å². The standard InChI is InChI=1S/C16H35NO3/c1-13(2)7-6-8-20-12-15(19)11-17-10-14(18)9-16(3,4)5/h13-15,17-19H,6-12H2,1-5H3. The van der Waals surface area contributed by atoms with Gasteiger partial charge >= 0.3 is 0 Å². The molecular formula is C16H35NO3. The number of hydrogen-bond donors (Lipinski definition) is 3. The van der Waals surface area contributed by atoms with Crippen molar-refractivity contribution in [3.8, 4) is 0 Å². The number of aliphatic hydroxyl groups excluding tert-OH is 2. The second-order valence-electron chi connectivity index (χ2n) is 7.34. The van der Waals surface area contributed by atoms with Crippen LogP contribution in [0.4, 0.5) is 0 Å². The van der Waals surface area contributed by atoms with Crippen molar-refractivity contribution in [1.82, 2.24) is 5.32 Å². The van der Waals surface area contributed by atoms with Gasteiger partial charge < -0.3 is 20.3 Å². The average molecular weight is 289 g/mol. The third-order valence-corrected chi connectivity index (χ3v) is 2.99. The lowest BCUT2D eigenvalue weighted by Gasteiger charge is -2.23. The molecule has 0 aliphatic carbocycles. The van der Waals surface area contributed by atoms with Gasteiger partial charge in [-0.15, -0.1) is 0 Å². The van der Waals surface area contributed by atoms with E-state index < -0.39 is 6.10 Å². The first-order chi connectivity index (χ1) is 9.20. The monoisotopic (exact) mass is 289 g/mol. The lowest BCUT2D eigenvalue weighted by atomic mass is 9.89. The molecule has 0 bridgehead atoms. The second-order valence-corrected chi connectivity index (χ2v) is 7.34. The van der Waals surface area contributed by atoms with Gasteiger partial charge in [-0.1, -0.05) is 34.6 Å². The molecule has 3 N–H and O–H groups in total. The maximum absolute atomic E-state index is 9.82. The first-order valence-electron chi connectivity index (χ1n) is 7.85. The fraction of sp³-hybridized carbons (Fsp3) is 1.00. The van der Waals surface area contributed by atoms with Crippen molar-refractivity contribution in [1.29, 1.82) is 0 Å². The van der Waals surface area contributed by atoms with Gasteiger partial charge in [-0.05, 0) is 30.6 Å². The smallest absolute Gasteiger partial charge is 0.0897 e. The van der Waals surface area contributed by atoms with E-state index in [9.17, 15) is 10.2 Å². The zero-order chi connectivity index (χ0) is 15.6. The third kappa shape index (κ3) is 14.3. The lowest BCUT2D eigenvalue weighted by molar-refractivity contribution is 0.0322. The van der Waals surface area contributed by atoms with Gasteiger partial charge in [0.15, 0.2) is 0 Å². The van der Waals surface area contributed by atoms with Crippen LogP contribution >= 0.6 is 0 Å². The van der Waals surface area contributed by atoms with Crippen molar-refractivity contribution in [3.63, 3.8) is 0 Å². The molecule has 122 valence electrons. The number of hydrogen-bond acceptors (Lipinski definition) is 4. The van der Waals surface area contributed by atoms with Crippen LogP contribution in [0.2, 0.25) is 0 Å². The van der Waals surface area contributed by atoms with Crippen molar-refractivity contribution in [2.24, 2.45) is 11.3 Å². The van der Waals surface area contributed by atoms with Crippen LogP contribution in [0.5, 0.6) is 0 Å². The van der Waals surface area contributed by atoms with E-state index in [-0.39, 0.29) is 11.5 Å². The van der Waals surface area contributed by atoms with Crippen molar-refractivity contribution >= 4 is 0 Å². The highest BCUT2D eigenvalue weighted by molar-refractivity contribution is 4.70. The van der Waals surface area contributed by atoms with Crippen LogP contribution in [0.25, 0.3) is 0 Å². The Kier molecular flexibility index (Phi) is 10.5. The molecule has 0 aliphatic rings. The highest BCUT2D eigenvalue weighted by atomic mass is 16.5. The molecule has 0 spiro atoms. The van der Waals surface area contributed by atoms with E-state index in [1.54, 1.807) is 0 Å². The molecule has 0 aromatic rings. The number of ether oxygens (including phenoxy) is 1. The Hall–Kier alpha value is -0.160. The highest BCUT2D eigenvalue weighted by Crippen LogP contribution is 2.20. The Balaban J connectivity index is 3.47. The zero-order valence-electron chi connectivity index (χ0n) is 14.0. The van der Waals surface area contributed by atoms with Crippen LogP contribution in [0.3, 0.4) is 0 Å². The molecule has 4 heteroatoms. The Bertz CT molecular complexity index is 226. The number of aliphatic hydroxyl groups is 2. The molecule has 20 heavy (non-hydrogen) atoms. The van der Waals surface area contributed by atoms with Crippen molar-refractivity contribution in [2.45, 2.75) is 66.1 Å². The normalized spacial score (nSPS) is 15.6. The van der Waals surface area contributed by atoms with E-state index in [2.05, 4.69) is 39.9 Å². The molecule has 0 aromatic heterocycles. The minimum atomic E-state index is -0.504.